The van der Waals surface area contributed by atoms with Gasteiger partial charge in [0.05, 0.1) is 16.8 Å². The summed E-state index contributed by atoms with van der Waals surface area (Å²) in [6.07, 6.45) is 4.99. The number of fused-ring (bicyclic) bond motifs is 4. The van der Waals surface area contributed by atoms with Crippen molar-refractivity contribution in [1.29, 1.82) is 0 Å². The van der Waals surface area contributed by atoms with Crippen LogP contribution in [0.3, 0.4) is 0 Å². The second kappa shape index (κ2) is 10.2. The number of nitrogens with zero attached hydrogens (tertiary/aromatic N) is 2. The summed E-state index contributed by atoms with van der Waals surface area (Å²) < 4.78 is 16.2. The summed E-state index contributed by atoms with van der Waals surface area (Å²) in [5.74, 6) is -0.536. The highest BCUT2D eigenvalue weighted by molar-refractivity contribution is 6.31. The van der Waals surface area contributed by atoms with E-state index >= 15 is 0 Å². The first-order valence-electron chi connectivity index (χ1n) is 12.1. The Balaban J connectivity index is 1.59. The van der Waals surface area contributed by atoms with Crippen LogP contribution >= 0.6 is 11.6 Å². The monoisotopic (exact) mass is 503 g/mol. The molecule has 0 radical (unpaired) electrons. The number of pyridine rings is 2. The van der Waals surface area contributed by atoms with Gasteiger partial charge < -0.3 is 15.0 Å². The van der Waals surface area contributed by atoms with Gasteiger partial charge in [-0.1, -0.05) is 55.3 Å². The van der Waals surface area contributed by atoms with Crippen molar-refractivity contribution in [2.75, 3.05) is 5.32 Å². The van der Waals surface area contributed by atoms with Gasteiger partial charge in [-0.05, 0) is 54.3 Å². The van der Waals surface area contributed by atoms with Crippen molar-refractivity contribution in [3.63, 3.8) is 0 Å². The predicted octanol–water partition coefficient (Wildman–Crippen LogP) is 6.51. The molecule has 7 heteroatoms. The van der Waals surface area contributed by atoms with Crippen molar-refractivity contribution in [3.05, 3.63) is 106 Å². The van der Waals surface area contributed by atoms with Gasteiger partial charge in [0.15, 0.2) is 0 Å². The molecule has 0 spiro atoms. The zero-order chi connectivity index (χ0) is 25.2. The Kier molecular flexibility index (Phi) is 6.90. The summed E-state index contributed by atoms with van der Waals surface area (Å²) in [6, 6.07) is 19.4. The van der Waals surface area contributed by atoms with Crippen LogP contribution in [0.5, 0.6) is 0 Å². The third-order valence-electron chi connectivity index (χ3n) is 6.89. The molecule has 0 aliphatic carbocycles. The molecular weight excluding hydrogens is 477 g/mol. The van der Waals surface area contributed by atoms with Crippen molar-refractivity contribution >= 4 is 17.3 Å². The lowest BCUT2D eigenvalue weighted by Gasteiger charge is -2.26. The summed E-state index contributed by atoms with van der Waals surface area (Å²) in [5, 5.41) is 14.0. The molecule has 0 fully saturated rings. The summed E-state index contributed by atoms with van der Waals surface area (Å²) in [4.78, 5) is 18.0. The third kappa shape index (κ3) is 4.79. The number of benzene rings is 2. The molecule has 3 atom stereocenters. The molecular formula is C29H27ClFN3O2. The second-order valence-electron chi connectivity index (χ2n) is 9.29. The minimum atomic E-state index is -0.695. The van der Waals surface area contributed by atoms with E-state index in [2.05, 4.69) is 10.3 Å². The topological polar surface area (TPSA) is 67.2 Å². The maximum Gasteiger partial charge on any atom is 0.251 e. The van der Waals surface area contributed by atoms with Gasteiger partial charge in [-0.15, -0.1) is 0 Å². The molecule has 2 aromatic carbocycles. The molecule has 0 saturated carbocycles. The van der Waals surface area contributed by atoms with E-state index in [-0.39, 0.29) is 28.1 Å². The molecule has 1 aliphatic heterocycles. The van der Waals surface area contributed by atoms with Gasteiger partial charge in [-0.3, -0.25) is 9.78 Å². The Hall–Kier alpha value is -3.48. The van der Waals surface area contributed by atoms with E-state index in [0.717, 1.165) is 35.3 Å². The molecule has 184 valence electrons. The van der Waals surface area contributed by atoms with Crippen molar-refractivity contribution in [1.82, 2.24) is 9.55 Å². The number of aromatic nitrogens is 2. The fourth-order valence-corrected chi connectivity index (χ4v) is 5.00. The standard InChI is InChI=1S/C29H27ClFN3O2/c1-18-6-4-11-26(34-15-13-20(17-27(34)35)22-8-5-9-23(30)28(22)31)25-16-19(12-14-32-25)21-7-2-3-10-24(21)33-29(18)36/h2-3,5,7-10,12-18,26,29,33,36H,4,6,11H2,1H3/t18-,26+,29?/m1/s1. The molecule has 3 heterocycles. The van der Waals surface area contributed by atoms with Crippen molar-refractivity contribution in [2.24, 2.45) is 5.92 Å². The number of nitrogens with one attached hydrogen (secondary N) is 1. The SMILES string of the molecule is C[C@@H]1CCC[C@H](n2ccc(-c3cccc(Cl)c3F)cc2=O)c2cc(ccn2)-c2ccccc2NC1O. The van der Waals surface area contributed by atoms with E-state index in [1.165, 1.54) is 12.1 Å². The van der Waals surface area contributed by atoms with E-state index in [4.69, 9.17) is 11.6 Å². The van der Waals surface area contributed by atoms with Crippen LogP contribution in [0.25, 0.3) is 22.3 Å². The first-order valence-corrected chi connectivity index (χ1v) is 12.5. The lowest BCUT2D eigenvalue weighted by Crippen LogP contribution is -2.28. The van der Waals surface area contributed by atoms with Crippen LogP contribution in [0.1, 0.15) is 37.9 Å². The van der Waals surface area contributed by atoms with E-state index in [9.17, 15) is 14.3 Å². The molecule has 2 N–H and O–H groups in total. The molecule has 5 rings (SSSR count). The average Bonchev–Trinajstić information content (AvgIpc) is 2.88. The van der Waals surface area contributed by atoms with Crippen LogP contribution in [0, 0.1) is 11.7 Å². The lowest BCUT2D eigenvalue weighted by atomic mass is 9.95. The highest BCUT2D eigenvalue weighted by atomic mass is 35.5. The van der Waals surface area contributed by atoms with Crippen LogP contribution in [0.4, 0.5) is 10.1 Å². The average molecular weight is 504 g/mol. The maximum atomic E-state index is 14.6. The maximum absolute atomic E-state index is 14.6. The van der Waals surface area contributed by atoms with Gasteiger partial charge in [0, 0.05) is 41.2 Å². The van der Waals surface area contributed by atoms with Crippen LogP contribution in [-0.2, 0) is 0 Å². The van der Waals surface area contributed by atoms with Gasteiger partial charge in [0.2, 0.25) is 0 Å². The van der Waals surface area contributed by atoms with Gasteiger partial charge in [0.25, 0.3) is 5.56 Å². The number of hydrogen-bond acceptors (Lipinski definition) is 4. The van der Waals surface area contributed by atoms with Crippen molar-refractivity contribution < 1.29 is 9.50 Å². The minimum Gasteiger partial charge on any atom is -0.374 e. The summed E-state index contributed by atoms with van der Waals surface area (Å²) in [5.41, 5.74) is 4.03. The number of aliphatic hydroxyl groups is 1. The van der Waals surface area contributed by atoms with E-state index in [1.54, 1.807) is 35.2 Å². The fourth-order valence-electron chi connectivity index (χ4n) is 4.82. The molecule has 2 bridgehead atoms. The molecule has 1 unspecified atom stereocenters. The molecule has 1 aliphatic rings. The van der Waals surface area contributed by atoms with Crippen LogP contribution in [0.15, 0.2) is 83.9 Å². The Morgan fingerprint density at radius 3 is 2.64 bits per heavy atom. The third-order valence-corrected chi connectivity index (χ3v) is 7.18. The molecule has 0 amide bonds. The lowest BCUT2D eigenvalue weighted by molar-refractivity contribution is 0.136. The van der Waals surface area contributed by atoms with Gasteiger partial charge >= 0.3 is 0 Å². The number of aliphatic hydroxyl groups excluding tert-OH is 1. The first kappa shape index (κ1) is 24.2. The Morgan fingerprint density at radius 2 is 1.81 bits per heavy atom. The van der Waals surface area contributed by atoms with Crippen LogP contribution < -0.4 is 10.9 Å². The molecule has 2 aromatic heterocycles. The normalized spacial score (nSPS) is 19.9. The largest absolute Gasteiger partial charge is 0.374 e. The predicted molar refractivity (Wildman–Crippen MR) is 142 cm³/mol. The van der Waals surface area contributed by atoms with E-state index in [0.29, 0.717) is 12.0 Å². The highest BCUT2D eigenvalue weighted by Crippen LogP contribution is 2.33. The number of hydrogen-bond donors (Lipinski definition) is 2. The summed E-state index contributed by atoms with van der Waals surface area (Å²) in [7, 11) is 0. The second-order valence-corrected chi connectivity index (χ2v) is 9.70. The fraction of sp³-hybridized carbons (Fsp3) is 0.241. The van der Waals surface area contributed by atoms with Crippen LogP contribution in [0.2, 0.25) is 5.02 Å². The Labute approximate surface area is 214 Å². The zero-order valence-corrected chi connectivity index (χ0v) is 20.6. The van der Waals surface area contributed by atoms with Gasteiger partial charge in [-0.2, -0.15) is 0 Å². The zero-order valence-electron chi connectivity index (χ0n) is 19.9. The smallest absolute Gasteiger partial charge is 0.251 e. The highest BCUT2D eigenvalue weighted by Gasteiger charge is 2.22. The van der Waals surface area contributed by atoms with Gasteiger partial charge in [0.1, 0.15) is 12.0 Å². The molecule has 5 nitrogen and oxygen atoms in total. The summed E-state index contributed by atoms with van der Waals surface area (Å²) >= 11 is 5.95. The number of anilines is 1. The quantitative estimate of drug-likeness (QED) is 0.327. The number of rotatable bonds is 2. The van der Waals surface area contributed by atoms with Crippen molar-refractivity contribution in [2.45, 2.75) is 38.5 Å². The number of halogens is 2. The molecule has 0 saturated heterocycles. The van der Waals surface area contributed by atoms with Crippen LogP contribution in [-0.4, -0.2) is 20.9 Å². The van der Waals surface area contributed by atoms with Crippen molar-refractivity contribution in [3.8, 4) is 22.3 Å². The van der Waals surface area contributed by atoms with Gasteiger partial charge in [-0.25, -0.2) is 4.39 Å². The Morgan fingerprint density at radius 1 is 1.03 bits per heavy atom. The summed E-state index contributed by atoms with van der Waals surface area (Å²) in [6.45, 7) is 2.01. The van der Waals surface area contributed by atoms with E-state index in [1.807, 2.05) is 43.3 Å². The molecule has 4 aromatic rings. The first-order chi connectivity index (χ1) is 17.4. The minimum absolute atomic E-state index is 0.00864. The number of para-hydroxylation sites is 1. The molecule has 36 heavy (non-hydrogen) atoms. The Bertz CT molecular complexity index is 1450. The van der Waals surface area contributed by atoms with E-state index < -0.39 is 12.0 Å².